The lowest BCUT2D eigenvalue weighted by Gasteiger charge is -2.23. The SMILES string of the molecule is CCOC(=O)C(C)N[C@H](CO)C(C)C. The van der Waals surface area contributed by atoms with E-state index in [1.165, 1.54) is 0 Å². The molecule has 2 N–H and O–H groups in total. The normalized spacial score (nSPS) is 15.3. The highest BCUT2D eigenvalue weighted by molar-refractivity contribution is 5.75. The maximum Gasteiger partial charge on any atom is 0.322 e. The fourth-order valence-electron chi connectivity index (χ4n) is 1.11. The van der Waals surface area contributed by atoms with Crippen LogP contribution in [0.4, 0.5) is 0 Å². The second kappa shape index (κ2) is 6.79. The van der Waals surface area contributed by atoms with Crippen molar-refractivity contribution in [1.29, 1.82) is 0 Å². The molecule has 0 aromatic carbocycles. The number of carbonyl (C=O) groups is 1. The first-order valence-electron chi connectivity index (χ1n) is 5.06. The van der Waals surface area contributed by atoms with Crippen LogP contribution < -0.4 is 5.32 Å². The highest BCUT2D eigenvalue weighted by Crippen LogP contribution is 2.02. The molecule has 0 radical (unpaired) electrons. The van der Waals surface area contributed by atoms with Crippen molar-refractivity contribution >= 4 is 5.97 Å². The fourth-order valence-corrected chi connectivity index (χ4v) is 1.11. The number of hydrogen-bond donors (Lipinski definition) is 2. The lowest BCUT2D eigenvalue weighted by Crippen LogP contribution is -2.46. The first-order chi connectivity index (χ1) is 6.52. The van der Waals surface area contributed by atoms with E-state index in [1.807, 2.05) is 13.8 Å². The zero-order valence-corrected chi connectivity index (χ0v) is 9.41. The quantitative estimate of drug-likeness (QED) is 0.619. The van der Waals surface area contributed by atoms with Crippen LogP contribution in [0.25, 0.3) is 0 Å². The van der Waals surface area contributed by atoms with Crippen LogP contribution in [-0.4, -0.2) is 36.4 Å². The van der Waals surface area contributed by atoms with E-state index in [-0.39, 0.29) is 30.6 Å². The summed E-state index contributed by atoms with van der Waals surface area (Å²) in [7, 11) is 0. The smallest absolute Gasteiger partial charge is 0.322 e. The largest absolute Gasteiger partial charge is 0.465 e. The molecular weight excluding hydrogens is 182 g/mol. The van der Waals surface area contributed by atoms with Gasteiger partial charge in [-0.2, -0.15) is 0 Å². The van der Waals surface area contributed by atoms with Gasteiger partial charge in [-0.3, -0.25) is 10.1 Å². The minimum Gasteiger partial charge on any atom is -0.465 e. The van der Waals surface area contributed by atoms with Gasteiger partial charge in [0, 0.05) is 6.04 Å². The molecule has 0 aliphatic heterocycles. The second-order valence-corrected chi connectivity index (χ2v) is 3.67. The molecule has 0 aromatic rings. The third-order valence-electron chi connectivity index (χ3n) is 2.11. The molecule has 0 heterocycles. The van der Waals surface area contributed by atoms with Crippen molar-refractivity contribution < 1.29 is 14.6 Å². The number of ether oxygens (including phenoxy) is 1. The molecule has 0 fully saturated rings. The number of nitrogens with one attached hydrogen (secondary N) is 1. The maximum atomic E-state index is 11.3. The molecule has 0 saturated carbocycles. The highest BCUT2D eigenvalue weighted by Gasteiger charge is 2.20. The monoisotopic (exact) mass is 203 g/mol. The van der Waals surface area contributed by atoms with Gasteiger partial charge in [0.05, 0.1) is 13.2 Å². The molecule has 2 atom stereocenters. The summed E-state index contributed by atoms with van der Waals surface area (Å²) in [6, 6.07) is -0.427. The molecule has 0 aliphatic carbocycles. The summed E-state index contributed by atoms with van der Waals surface area (Å²) in [6.07, 6.45) is 0. The van der Waals surface area contributed by atoms with Gasteiger partial charge in [0.2, 0.25) is 0 Å². The molecule has 4 heteroatoms. The molecule has 84 valence electrons. The second-order valence-electron chi connectivity index (χ2n) is 3.67. The van der Waals surface area contributed by atoms with E-state index in [0.717, 1.165) is 0 Å². The molecule has 14 heavy (non-hydrogen) atoms. The minimum absolute atomic E-state index is 0.0292. The topological polar surface area (TPSA) is 58.6 Å². The standard InChI is InChI=1S/C10H21NO3/c1-5-14-10(13)8(4)11-9(6-12)7(2)3/h7-9,11-12H,5-6H2,1-4H3/t8?,9-/m1/s1. The van der Waals surface area contributed by atoms with E-state index in [0.29, 0.717) is 6.61 Å². The Labute approximate surface area is 85.6 Å². The van der Waals surface area contributed by atoms with Crippen molar-refractivity contribution in [2.24, 2.45) is 5.92 Å². The molecule has 0 aromatic heterocycles. The van der Waals surface area contributed by atoms with E-state index < -0.39 is 0 Å². The first kappa shape index (κ1) is 13.4. The Hall–Kier alpha value is -0.610. The Morgan fingerprint density at radius 3 is 2.36 bits per heavy atom. The van der Waals surface area contributed by atoms with Crippen LogP contribution >= 0.6 is 0 Å². The van der Waals surface area contributed by atoms with Gasteiger partial charge in [-0.25, -0.2) is 0 Å². The van der Waals surface area contributed by atoms with Crippen LogP contribution in [0, 0.1) is 5.92 Å². The molecule has 0 saturated heterocycles. The van der Waals surface area contributed by atoms with Crippen LogP contribution in [0.1, 0.15) is 27.7 Å². The van der Waals surface area contributed by atoms with Crippen LogP contribution in [-0.2, 0) is 9.53 Å². The Kier molecular flexibility index (Phi) is 6.49. The van der Waals surface area contributed by atoms with Gasteiger partial charge >= 0.3 is 5.97 Å². The number of hydrogen-bond acceptors (Lipinski definition) is 4. The van der Waals surface area contributed by atoms with Gasteiger partial charge in [0.25, 0.3) is 0 Å². The molecule has 0 bridgehead atoms. The van der Waals surface area contributed by atoms with E-state index in [9.17, 15) is 4.79 Å². The van der Waals surface area contributed by atoms with Crippen molar-refractivity contribution in [1.82, 2.24) is 5.32 Å². The Balaban J connectivity index is 4.01. The van der Waals surface area contributed by atoms with Crippen LogP contribution in [0.3, 0.4) is 0 Å². The van der Waals surface area contributed by atoms with E-state index >= 15 is 0 Å². The number of aliphatic hydroxyl groups excluding tert-OH is 1. The lowest BCUT2D eigenvalue weighted by atomic mass is 10.0. The Morgan fingerprint density at radius 1 is 1.43 bits per heavy atom. The van der Waals surface area contributed by atoms with Gasteiger partial charge in [-0.15, -0.1) is 0 Å². The maximum absolute atomic E-state index is 11.3. The Morgan fingerprint density at radius 2 is 2.00 bits per heavy atom. The van der Waals surface area contributed by atoms with E-state index in [4.69, 9.17) is 9.84 Å². The highest BCUT2D eigenvalue weighted by atomic mass is 16.5. The Bertz CT molecular complexity index is 171. The predicted octanol–water partition coefficient (Wildman–Crippen LogP) is 0.544. The first-order valence-corrected chi connectivity index (χ1v) is 5.06. The molecule has 0 rings (SSSR count). The van der Waals surface area contributed by atoms with Gasteiger partial charge in [-0.05, 0) is 19.8 Å². The van der Waals surface area contributed by atoms with Gasteiger partial charge in [0.1, 0.15) is 6.04 Å². The molecule has 4 nitrogen and oxygen atoms in total. The average molecular weight is 203 g/mol. The summed E-state index contributed by atoms with van der Waals surface area (Å²) in [5.41, 5.74) is 0. The number of aliphatic hydroxyl groups is 1. The summed E-state index contributed by atoms with van der Waals surface area (Å²) >= 11 is 0. The lowest BCUT2D eigenvalue weighted by molar-refractivity contribution is -0.145. The van der Waals surface area contributed by atoms with E-state index in [1.54, 1.807) is 13.8 Å². The predicted molar refractivity (Wildman–Crippen MR) is 54.9 cm³/mol. The zero-order valence-electron chi connectivity index (χ0n) is 9.41. The van der Waals surface area contributed by atoms with Gasteiger partial charge in [-0.1, -0.05) is 13.8 Å². The zero-order chi connectivity index (χ0) is 11.1. The molecule has 0 aliphatic rings. The molecule has 0 spiro atoms. The van der Waals surface area contributed by atoms with Crippen molar-refractivity contribution in [3.8, 4) is 0 Å². The summed E-state index contributed by atoms with van der Waals surface area (Å²) in [5.74, 6) is 0.0171. The number of esters is 1. The summed E-state index contributed by atoms with van der Waals surface area (Å²) < 4.78 is 4.85. The number of carbonyl (C=O) groups excluding carboxylic acids is 1. The van der Waals surface area contributed by atoms with Crippen molar-refractivity contribution in [3.05, 3.63) is 0 Å². The van der Waals surface area contributed by atoms with Crippen LogP contribution in [0.2, 0.25) is 0 Å². The van der Waals surface area contributed by atoms with Crippen LogP contribution in [0.15, 0.2) is 0 Å². The van der Waals surface area contributed by atoms with Crippen molar-refractivity contribution in [2.75, 3.05) is 13.2 Å². The van der Waals surface area contributed by atoms with E-state index in [2.05, 4.69) is 5.32 Å². The van der Waals surface area contributed by atoms with Crippen molar-refractivity contribution in [3.63, 3.8) is 0 Å². The minimum atomic E-state index is -0.366. The summed E-state index contributed by atoms with van der Waals surface area (Å²) in [6.45, 7) is 7.91. The molecule has 1 unspecified atom stereocenters. The fraction of sp³-hybridized carbons (Fsp3) is 0.900. The average Bonchev–Trinajstić information content (AvgIpc) is 2.13. The third kappa shape index (κ3) is 4.58. The summed E-state index contributed by atoms with van der Waals surface area (Å²) in [4.78, 5) is 11.3. The third-order valence-corrected chi connectivity index (χ3v) is 2.11. The van der Waals surface area contributed by atoms with Crippen LogP contribution in [0.5, 0.6) is 0 Å². The van der Waals surface area contributed by atoms with Gasteiger partial charge in [0.15, 0.2) is 0 Å². The van der Waals surface area contributed by atoms with Crippen molar-refractivity contribution in [2.45, 2.75) is 39.8 Å². The van der Waals surface area contributed by atoms with Gasteiger partial charge < -0.3 is 9.84 Å². The summed E-state index contributed by atoms with van der Waals surface area (Å²) in [5, 5.41) is 12.1. The molecular formula is C10H21NO3. The number of rotatable bonds is 6. The molecule has 0 amide bonds.